The molecule has 1 heterocycles. The van der Waals surface area contributed by atoms with E-state index in [-0.39, 0.29) is 5.54 Å². The molecule has 3 rings (SSSR count). The highest BCUT2D eigenvalue weighted by molar-refractivity contribution is 5.09. The first kappa shape index (κ1) is 11.2. The second kappa shape index (κ2) is 4.09. The van der Waals surface area contributed by atoms with Crippen LogP contribution >= 0.6 is 0 Å². The van der Waals surface area contributed by atoms with Crippen molar-refractivity contribution in [3.8, 4) is 0 Å². The van der Waals surface area contributed by atoms with Gasteiger partial charge in [-0.25, -0.2) is 0 Å². The maximum Gasteiger partial charge on any atom is 0.246 e. The molecule has 0 bridgehead atoms. The predicted octanol–water partition coefficient (Wildman–Crippen LogP) is 2.70. The molecule has 2 aliphatic rings. The molecular weight excluding hydrogens is 214 g/mol. The Morgan fingerprint density at radius 1 is 1.41 bits per heavy atom. The minimum atomic E-state index is -0.311. The third-order valence-electron chi connectivity index (χ3n) is 4.60. The van der Waals surface area contributed by atoms with Gasteiger partial charge in [0.05, 0.1) is 5.54 Å². The summed E-state index contributed by atoms with van der Waals surface area (Å²) in [6.45, 7) is 2.26. The molecule has 2 unspecified atom stereocenters. The molecule has 4 heteroatoms. The van der Waals surface area contributed by atoms with Gasteiger partial charge in [0, 0.05) is 5.92 Å². The molecule has 2 atom stereocenters. The number of rotatable bonds is 3. The molecule has 0 saturated heterocycles. The quantitative estimate of drug-likeness (QED) is 0.874. The van der Waals surface area contributed by atoms with E-state index in [1.807, 2.05) is 0 Å². The lowest BCUT2D eigenvalue weighted by Gasteiger charge is -2.33. The summed E-state index contributed by atoms with van der Waals surface area (Å²) in [5.41, 5.74) is 5.88. The van der Waals surface area contributed by atoms with Crippen LogP contribution in [0, 0.1) is 5.92 Å². The van der Waals surface area contributed by atoms with Gasteiger partial charge in [0.15, 0.2) is 5.82 Å². The highest BCUT2D eigenvalue weighted by atomic mass is 16.5. The van der Waals surface area contributed by atoms with E-state index in [1.165, 1.54) is 32.1 Å². The molecule has 4 nitrogen and oxygen atoms in total. The van der Waals surface area contributed by atoms with Gasteiger partial charge < -0.3 is 10.3 Å². The highest BCUT2D eigenvalue weighted by Crippen LogP contribution is 2.41. The van der Waals surface area contributed by atoms with Crippen LogP contribution < -0.4 is 5.73 Å². The van der Waals surface area contributed by atoms with Crippen molar-refractivity contribution in [2.75, 3.05) is 0 Å². The molecule has 0 aromatic carbocycles. The summed E-state index contributed by atoms with van der Waals surface area (Å²) in [5, 5.41) is 4.15. The zero-order valence-corrected chi connectivity index (χ0v) is 10.5. The summed E-state index contributed by atoms with van der Waals surface area (Å²) in [4.78, 5) is 4.55. The summed E-state index contributed by atoms with van der Waals surface area (Å²) in [7, 11) is 0. The van der Waals surface area contributed by atoms with Crippen LogP contribution in [0.5, 0.6) is 0 Å². The average Bonchev–Trinajstić information content (AvgIpc) is 2.94. The third kappa shape index (κ3) is 1.88. The lowest BCUT2D eigenvalue weighted by atomic mass is 9.78. The fraction of sp³-hybridized carbons (Fsp3) is 0.846. The molecule has 1 aromatic heterocycles. The molecule has 2 aliphatic carbocycles. The maximum atomic E-state index is 6.19. The molecule has 94 valence electrons. The average molecular weight is 235 g/mol. The molecule has 0 aliphatic heterocycles. The minimum absolute atomic E-state index is 0.311. The molecule has 1 aromatic rings. The molecular formula is C13H21N3O. The van der Waals surface area contributed by atoms with Crippen LogP contribution in [0.25, 0.3) is 0 Å². The van der Waals surface area contributed by atoms with Crippen molar-refractivity contribution in [3.05, 3.63) is 11.7 Å². The second-order valence-electron chi connectivity index (χ2n) is 5.75. The van der Waals surface area contributed by atoms with E-state index in [1.54, 1.807) is 0 Å². The van der Waals surface area contributed by atoms with Crippen molar-refractivity contribution in [2.45, 2.75) is 63.3 Å². The Balaban J connectivity index is 1.72. The minimum Gasteiger partial charge on any atom is -0.337 e. The maximum absolute atomic E-state index is 6.19. The topological polar surface area (TPSA) is 64.9 Å². The molecule has 2 saturated carbocycles. The first-order valence-corrected chi connectivity index (χ1v) is 6.84. The molecule has 2 N–H and O–H groups in total. The molecule has 2 fully saturated rings. The van der Waals surface area contributed by atoms with Crippen LogP contribution in [0.15, 0.2) is 4.52 Å². The Labute approximate surface area is 102 Å². The van der Waals surface area contributed by atoms with Gasteiger partial charge in [-0.2, -0.15) is 4.98 Å². The standard InChI is InChI=1S/C13H21N3O/c1-2-9-4-5-10(8-9)11-15-12(17-16-11)13(14)6-3-7-13/h9-10H,2-8,14H2,1H3. The van der Waals surface area contributed by atoms with Crippen LogP contribution in [-0.4, -0.2) is 10.1 Å². The van der Waals surface area contributed by atoms with Crippen LogP contribution in [0.3, 0.4) is 0 Å². The molecule has 0 radical (unpaired) electrons. The number of hydrogen-bond donors (Lipinski definition) is 1. The number of nitrogens with two attached hydrogens (primary N) is 1. The van der Waals surface area contributed by atoms with Crippen LogP contribution in [0.4, 0.5) is 0 Å². The predicted molar refractivity (Wildman–Crippen MR) is 64.4 cm³/mol. The SMILES string of the molecule is CCC1CCC(c2noc(C3(N)CCC3)n2)C1. The van der Waals surface area contributed by atoms with Crippen LogP contribution in [-0.2, 0) is 5.54 Å². The molecule has 0 amide bonds. The smallest absolute Gasteiger partial charge is 0.246 e. The lowest BCUT2D eigenvalue weighted by molar-refractivity contribution is 0.181. The second-order valence-corrected chi connectivity index (χ2v) is 5.75. The Morgan fingerprint density at radius 2 is 2.24 bits per heavy atom. The zero-order valence-electron chi connectivity index (χ0n) is 10.5. The summed E-state index contributed by atoms with van der Waals surface area (Å²) >= 11 is 0. The van der Waals surface area contributed by atoms with Crippen LogP contribution in [0.1, 0.15) is 69.5 Å². The van der Waals surface area contributed by atoms with E-state index >= 15 is 0 Å². The Bertz CT molecular complexity index is 397. The first-order valence-electron chi connectivity index (χ1n) is 6.84. The number of hydrogen-bond acceptors (Lipinski definition) is 4. The van der Waals surface area contributed by atoms with Crippen molar-refractivity contribution in [1.82, 2.24) is 10.1 Å². The highest BCUT2D eigenvalue weighted by Gasteiger charge is 2.40. The van der Waals surface area contributed by atoms with Crippen molar-refractivity contribution in [1.29, 1.82) is 0 Å². The van der Waals surface area contributed by atoms with Gasteiger partial charge in [-0.05, 0) is 44.4 Å². The molecule has 0 spiro atoms. The van der Waals surface area contributed by atoms with Gasteiger partial charge >= 0.3 is 0 Å². The van der Waals surface area contributed by atoms with Gasteiger partial charge in [-0.15, -0.1) is 0 Å². The van der Waals surface area contributed by atoms with E-state index in [0.29, 0.717) is 11.8 Å². The fourth-order valence-corrected chi connectivity index (χ4v) is 3.05. The van der Waals surface area contributed by atoms with E-state index < -0.39 is 0 Å². The van der Waals surface area contributed by atoms with Crippen molar-refractivity contribution in [3.63, 3.8) is 0 Å². The van der Waals surface area contributed by atoms with Gasteiger partial charge in [0.2, 0.25) is 5.89 Å². The van der Waals surface area contributed by atoms with Crippen LogP contribution in [0.2, 0.25) is 0 Å². The first-order chi connectivity index (χ1) is 8.21. The third-order valence-corrected chi connectivity index (χ3v) is 4.60. The van der Waals surface area contributed by atoms with E-state index in [4.69, 9.17) is 10.3 Å². The summed E-state index contributed by atoms with van der Waals surface area (Å²) in [6, 6.07) is 0. The van der Waals surface area contributed by atoms with E-state index in [0.717, 1.165) is 24.6 Å². The van der Waals surface area contributed by atoms with Gasteiger partial charge in [-0.3, -0.25) is 0 Å². The monoisotopic (exact) mass is 235 g/mol. The van der Waals surface area contributed by atoms with E-state index in [2.05, 4.69) is 17.1 Å². The van der Waals surface area contributed by atoms with E-state index in [9.17, 15) is 0 Å². The summed E-state index contributed by atoms with van der Waals surface area (Å²) < 4.78 is 5.37. The summed E-state index contributed by atoms with van der Waals surface area (Å²) in [6.07, 6.45) is 8.13. The Kier molecular flexibility index (Phi) is 2.69. The van der Waals surface area contributed by atoms with Crippen molar-refractivity contribution < 1.29 is 4.52 Å². The number of nitrogens with zero attached hydrogens (tertiary/aromatic N) is 2. The number of aromatic nitrogens is 2. The van der Waals surface area contributed by atoms with Gasteiger partial charge in [-0.1, -0.05) is 18.5 Å². The fourth-order valence-electron chi connectivity index (χ4n) is 3.05. The van der Waals surface area contributed by atoms with Gasteiger partial charge in [0.25, 0.3) is 0 Å². The van der Waals surface area contributed by atoms with Crippen molar-refractivity contribution in [2.24, 2.45) is 11.7 Å². The largest absolute Gasteiger partial charge is 0.337 e. The van der Waals surface area contributed by atoms with Crippen molar-refractivity contribution >= 4 is 0 Å². The normalized spacial score (nSPS) is 31.4. The summed E-state index contributed by atoms with van der Waals surface area (Å²) in [5.74, 6) is 2.91. The zero-order chi connectivity index (χ0) is 11.9. The Hall–Kier alpha value is -0.900. The lowest BCUT2D eigenvalue weighted by Crippen LogP contribution is -2.43. The van der Waals surface area contributed by atoms with Gasteiger partial charge in [0.1, 0.15) is 0 Å². The molecule has 17 heavy (non-hydrogen) atoms. The Morgan fingerprint density at radius 3 is 2.82 bits per heavy atom.